The summed E-state index contributed by atoms with van der Waals surface area (Å²) in [4.78, 5) is 26.2. The number of nitrogens with one attached hydrogen (secondary N) is 1. The van der Waals surface area contributed by atoms with E-state index in [1.807, 2.05) is 60.7 Å². The van der Waals surface area contributed by atoms with Gasteiger partial charge in [0.1, 0.15) is 11.5 Å². The number of fused-ring (bicyclic) bond motifs is 1. The highest BCUT2D eigenvalue weighted by atomic mass is 16.2. The molecule has 0 unspecified atom stereocenters. The van der Waals surface area contributed by atoms with Gasteiger partial charge in [0.05, 0.1) is 23.6 Å². The summed E-state index contributed by atoms with van der Waals surface area (Å²) < 4.78 is 3.65. The molecule has 0 bridgehead atoms. The van der Waals surface area contributed by atoms with Gasteiger partial charge in [-0.1, -0.05) is 23.8 Å². The Bertz CT molecular complexity index is 1400. The van der Waals surface area contributed by atoms with Gasteiger partial charge in [0, 0.05) is 18.6 Å². The SMILES string of the molecule is Cc1ccc(-n2nccc2-c2nc(C(=O)Nc3ncccc3C)c3cnccn23)cc1. The summed E-state index contributed by atoms with van der Waals surface area (Å²) in [6, 6.07) is 13.7. The van der Waals surface area contributed by atoms with E-state index in [0.717, 1.165) is 16.9 Å². The van der Waals surface area contributed by atoms with Gasteiger partial charge < -0.3 is 5.32 Å². The maximum atomic E-state index is 13.1. The number of hydrogen-bond donors (Lipinski definition) is 1. The van der Waals surface area contributed by atoms with Crippen molar-refractivity contribution in [2.45, 2.75) is 13.8 Å². The summed E-state index contributed by atoms with van der Waals surface area (Å²) in [5.74, 6) is 0.752. The number of aryl methyl sites for hydroxylation is 2. The maximum Gasteiger partial charge on any atom is 0.277 e. The van der Waals surface area contributed by atoms with Crippen LogP contribution in [0.2, 0.25) is 0 Å². The number of nitrogens with zero attached hydrogens (tertiary/aromatic N) is 6. The van der Waals surface area contributed by atoms with Crippen molar-refractivity contribution in [1.82, 2.24) is 29.1 Å². The zero-order valence-electron chi connectivity index (χ0n) is 17.0. The number of carbonyl (C=O) groups excluding carboxylic acids is 1. The van der Waals surface area contributed by atoms with Crippen molar-refractivity contribution in [3.63, 3.8) is 0 Å². The minimum atomic E-state index is -0.347. The van der Waals surface area contributed by atoms with E-state index in [1.165, 1.54) is 5.56 Å². The number of pyridine rings is 1. The molecule has 0 saturated carbocycles. The average Bonchev–Trinajstić information content (AvgIpc) is 3.41. The molecule has 0 fully saturated rings. The molecule has 0 saturated heterocycles. The van der Waals surface area contributed by atoms with Gasteiger partial charge in [0.25, 0.3) is 5.91 Å². The Kier molecular flexibility index (Phi) is 4.51. The topological polar surface area (TPSA) is 90.0 Å². The zero-order chi connectivity index (χ0) is 21.4. The molecule has 0 aliphatic carbocycles. The van der Waals surface area contributed by atoms with Crippen LogP contribution in [0.15, 0.2) is 73.4 Å². The molecular weight excluding hydrogens is 390 g/mol. The Hall–Kier alpha value is -4.33. The quantitative estimate of drug-likeness (QED) is 0.487. The third kappa shape index (κ3) is 3.33. The number of benzene rings is 1. The minimum Gasteiger partial charge on any atom is -0.305 e. The van der Waals surface area contributed by atoms with Crippen molar-refractivity contribution >= 4 is 17.2 Å². The van der Waals surface area contributed by atoms with E-state index < -0.39 is 0 Å². The molecule has 8 heteroatoms. The number of carbonyl (C=O) groups is 1. The molecule has 0 spiro atoms. The van der Waals surface area contributed by atoms with Crippen LogP contribution in [0.1, 0.15) is 21.6 Å². The summed E-state index contributed by atoms with van der Waals surface area (Å²) in [5.41, 5.74) is 4.57. The van der Waals surface area contributed by atoms with E-state index in [4.69, 9.17) is 0 Å². The number of imidazole rings is 1. The molecule has 8 nitrogen and oxygen atoms in total. The lowest BCUT2D eigenvalue weighted by molar-refractivity contribution is 0.102. The summed E-state index contributed by atoms with van der Waals surface area (Å²) in [6.07, 6.45) is 8.43. The number of rotatable bonds is 4. The molecule has 5 rings (SSSR count). The first-order chi connectivity index (χ1) is 15.1. The van der Waals surface area contributed by atoms with Crippen LogP contribution < -0.4 is 5.32 Å². The van der Waals surface area contributed by atoms with Gasteiger partial charge in [-0.05, 0) is 43.7 Å². The van der Waals surface area contributed by atoms with Crippen LogP contribution in [-0.4, -0.2) is 35.0 Å². The van der Waals surface area contributed by atoms with Crippen LogP contribution >= 0.6 is 0 Å². The summed E-state index contributed by atoms with van der Waals surface area (Å²) >= 11 is 0. The van der Waals surface area contributed by atoms with Gasteiger partial charge in [0.15, 0.2) is 11.5 Å². The number of hydrogen-bond acceptors (Lipinski definition) is 5. The number of aromatic nitrogens is 6. The fourth-order valence-electron chi connectivity index (χ4n) is 3.43. The molecule has 5 aromatic rings. The van der Waals surface area contributed by atoms with Crippen LogP contribution in [0.25, 0.3) is 22.7 Å². The second-order valence-corrected chi connectivity index (χ2v) is 7.20. The molecule has 0 aliphatic rings. The Balaban J connectivity index is 1.61. The second-order valence-electron chi connectivity index (χ2n) is 7.20. The molecule has 0 aliphatic heterocycles. The molecule has 0 atom stereocenters. The zero-order valence-corrected chi connectivity index (χ0v) is 17.0. The van der Waals surface area contributed by atoms with E-state index in [0.29, 0.717) is 17.2 Å². The Morgan fingerprint density at radius 3 is 2.65 bits per heavy atom. The molecule has 4 aromatic heterocycles. The van der Waals surface area contributed by atoms with E-state index >= 15 is 0 Å². The van der Waals surface area contributed by atoms with Crippen LogP contribution in [0.3, 0.4) is 0 Å². The predicted octanol–water partition coefficient (Wildman–Crippen LogP) is 3.85. The van der Waals surface area contributed by atoms with Crippen molar-refractivity contribution in [3.8, 4) is 17.2 Å². The second kappa shape index (κ2) is 7.49. The smallest absolute Gasteiger partial charge is 0.277 e. The summed E-state index contributed by atoms with van der Waals surface area (Å²) in [6.45, 7) is 3.93. The first-order valence-corrected chi connectivity index (χ1v) is 9.78. The van der Waals surface area contributed by atoms with Crippen molar-refractivity contribution < 1.29 is 4.79 Å². The van der Waals surface area contributed by atoms with Gasteiger partial charge in [0.2, 0.25) is 0 Å². The monoisotopic (exact) mass is 409 g/mol. The highest BCUT2D eigenvalue weighted by Crippen LogP contribution is 2.25. The minimum absolute atomic E-state index is 0.268. The predicted molar refractivity (Wildman–Crippen MR) is 117 cm³/mol. The summed E-state index contributed by atoms with van der Waals surface area (Å²) in [5, 5.41) is 7.32. The van der Waals surface area contributed by atoms with Gasteiger partial charge in [-0.25, -0.2) is 14.6 Å². The first-order valence-electron chi connectivity index (χ1n) is 9.78. The molecular formula is C23H19N7O. The highest BCUT2D eigenvalue weighted by Gasteiger charge is 2.22. The van der Waals surface area contributed by atoms with Gasteiger partial charge in [-0.15, -0.1) is 0 Å². The molecule has 1 N–H and O–H groups in total. The maximum absolute atomic E-state index is 13.1. The standard InChI is InChI=1S/C23H19N7O/c1-15-5-7-17(8-6-15)30-18(9-11-26-30)22-27-20(19-14-24-12-13-29(19)22)23(31)28-21-16(2)4-3-10-25-21/h3-14H,1-2H3,(H,25,28,31). The largest absolute Gasteiger partial charge is 0.305 e. The van der Waals surface area contributed by atoms with Gasteiger partial charge in [-0.3, -0.25) is 14.2 Å². The van der Waals surface area contributed by atoms with Crippen LogP contribution in [0.4, 0.5) is 5.82 Å². The number of amides is 1. The van der Waals surface area contributed by atoms with Crippen LogP contribution in [-0.2, 0) is 0 Å². The fraction of sp³-hybridized carbons (Fsp3) is 0.0870. The van der Waals surface area contributed by atoms with Gasteiger partial charge >= 0.3 is 0 Å². The molecule has 4 heterocycles. The molecule has 1 amide bonds. The average molecular weight is 409 g/mol. The normalized spacial score (nSPS) is 11.0. The Labute approximate surface area is 178 Å². The van der Waals surface area contributed by atoms with Gasteiger partial charge in [-0.2, -0.15) is 5.10 Å². The Morgan fingerprint density at radius 1 is 1.00 bits per heavy atom. The van der Waals surface area contributed by atoms with E-state index in [2.05, 4.69) is 25.4 Å². The molecule has 152 valence electrons. The van der Waals surface area contributed by atoms with Crippen molar-refractivity contribution in [1.29, 1.82) is 0 Å². The van der Waals surface area contributed by atoms with Crippen molar-refractivity contribution in [2.75, 3.05) is 5.32 Å². The van der Waals surface area contributed by atoms with Crippen molar-refractivity contribution in [2.24, 2.45) is 0 Å². The molecule has 31 heavy (non-hydrogen) atoms. The molecule has 0 radical (unpaired) electrons. The lowest BCUT2D eigenvalue weighted by atomic mass is 10.2. The fourth-order valence-corrected chi connectivity index (χ4v) is 3.43. The third-order valence-corrected chi connectivity index (χ3v) is 5.05. The van der Waals surface area contributed by atoms with E-state index in [-0.39, 0.29) is 11.6 Å². The highest BCUT2D eigenvalue weighted by molar-refractivity contribution is 6.07. The Morgan fingerprint density at radius 2 is 1.84 bits per heavy atom. The van der Waals surface area contributed by atoms with Crippen LogP contribution in [0, 0.1) is 13.8 Å². The first kappa shape index (κ1) is 18.7. The lowest BCUT2D eigenvalue weighted by Gasteiger charge is -2.07. The molecule has 1 aromatic carbocycles. The number of anilines is 1. The van der Waals surface area contributed by atoms with Crippen LogP contribution in [0.5, 0.6) is 0 Å². The van der Waals surface area contributed by atoms with Crippen molar-refractivity contribution in [3.05, 3.63) is 90.3 Å². The van der Waals surface area contributed by atoms with E-state index in [9.17, 15) is 4.79 Å². The summed E-state index contributed by atoms with van der Waals surface area (Å²) in [7, 11) is 0. The van der Waals surface area contributed by atoms with E-state index in [1.54, 1.807) is 35.7 Å². The lowest BCUT2D eigenvalue weighted by Crippen LogP contribution is -2.14. The third-order valence-electron chi connectivity index (χ3n) is 5.05.